The monoisotopic (exact) mass is 250 g/mol. The molecule has 2 rings (SSSR count). The molecule has 1 aromatic rings. The Bertz CT molecular complexity index is 430. The summed E-state index contributed by atoms with van der Waals surface area (Å²) in [6.45, 7) is 4.29. The van der Waals surface area contributed by atoms with Crippen LogP contribution >= 0.6 is 0 Å². The second-order valence-electron chi connectivity index (χ2n) is 4.42. The average molecular weight is 250 g/mol. The third kappa shape index (κ3) is 3.32. The molecule has 0 saturated carbocycles. The van der Waals surface area contributed by atoms with Gasteiger partial charge < -0.3 is 15.3 Å². The molecule has 0 aliphatic carbocycles. The fourth-order valence-electron chi connectivity index (χ4n) is 2.05. The van der Waals surface area contributed by atoms with Crippen LogP contribution in [-0.4, -0.2) is 40.7 Å². The Morgan fingerprint density at radius 3 is 2.83 bits per heavy atom. The van der Waals surface area contributed by atoms with Crippen LogP contribution in [0.2, 0.25) is 0 Å². The van der Waals surface area contributed by atoms with E-state index in [1.54, 1.807) is 0 Å². The Morgan fingerprint density at radius 1 is 1.44 bits per heavy atom. The number of nitrogens with one attached hydrogen (secondary N) is 1. The molecule has 2 N–H and O–H groups in total. The SMILES string of the molecule is Cc1nc(NCCC(=O)O)cc(N2CCCC2)n1. The minimum atomic E-state index is -0.812. The first-order valence-electron chi connectivity index (χ1n) is 6.21. The van der Waals surface area contributed by atoms with Crippen molar-refractivity contribution in [1.29, 1.82) is 0 Å². The van der Waals surface area contributed by atoms with Gasteiger partial charge in [0.25, 0.3) is 0 Å². The molecule has 1 saturated heterocycles. The Kier molecular flexibility index (Phi) is 3.96. The van der Waals surface area contributed by atoms with E-state index >= 15 is 0 Å². The standard InChI is InChI=1S/C12H18N4O2/c1-9-14-10(13-5-4-12(17)18)8-11(15-9)16-6-2-3-7-16/h8H,2-7H2,1H3,(H,17,18)(H,13,14,15). The van der Waals surface area contributed by atoms with Gasteiger partial charge in [-0.05, 0) is 19.8 Å². The number of anilines is 2. The maximum Gasteiger partial charge on any atom is 0.305 e. The summed E-state index contributed by atoms with van der Waals surface area (Å²) in [5, 5.41) is 11.6. The van der Waals surface area contributed by atoms with E-state index in [1.165, 1.54) is 12.8 Å². The molecule has 98 valence electrons. The first kappa shape index (κ1) is 12.6. The highest BCUT2D eigenvalue weighted by Crippen LogP contribution is 2.20. The van der Waals surface area contributed by atoms with Gasteiger partial charge >= 0.3 is 5.97 Å². The molecule has 0 atom stereocenters. The van der Waals surface area contributed by atoms with Gasteiger partial charge in [0.05, 0.1) is 6.42 Å². The van der Waals surface area contributed by atoms with Crippen LogP contribution in [0.25, 0.3) is 0 Å². The number of aryl methyl sites for hydroxylation is 1. The molecule has 18 heavy (non-hydrogen) atoms. The Labute approximate surface area is 106 Å². The molecule has 0 radical (unpaired) electrons. The quantitative estimate of drug-likeness (QED) is 0.819. The molecule has 1 aliphatic rings. The number of rotatable bonds is 5. The van der Waals surface area contributed by atoms with Gasteiger partial charge in [0.2, 0.25) is 0 Å². The lowest BCUT2D eigenvalue weighted by Gasteiger charge is -2.17. The number of nitrogens with zero attached hydrogens (tertiary/aromatic N) is 3. The van der Waals surface area contributed by atoms with E-state index in [0.29, 0.717) is 18.2 Å². The van der Waals surface area contributed by atoms with Crippen molar-refractivity contribution in [3.8, 4) is 0 Å². The van der Waals surface area contributed by atoms with Gasteiger partial charge in [-0.15, -0.1) is 0 Å². The first-order chi connectivity index (χ1) is 8.65. The molecule has 1 aromatic heterocycles. The van der Waals surface area contributed by atoms with Gasteiger partial charge in [0.15, 0.2) is 0 Å². The summed E-state index contributed by atoms with van der Waals surface area (Å²) >= 11 is 0. The Hall–Kier alpha value is -1.85. The van der Waals surface area contributed by atoms with Crippen LogP contribution in [0.15, 0.2) is 6.07 Å². The van der Waals surface area contributed by atoms with Crippen molar-refractivity contribution in [2.45, 2.75) is 26.2 Å². The number of carbonyl (C=O) groups is 1. The number of hydrogen-bond acceptors (Lipinski definition) is 5. The minimum absolute atomic E-state index is 0.0854. The first-order valence-corrected chi connectivity index (χ1v) is 6.21. The third-order valence-electron chi connectivity index (χ3n) is 2.90. The smallest absolute Gasteiger partial charge is 0.305 e. The second-order valence-corrected chi connectivity index (χ2v) is 4.42. The summed E-state index contributed by atoms with van der Waals surface area (Å²) < 4.78 is 0. The molecule has 6 heteroatoms. The zero-order valence-electron chi connectivity index (χ0n) is 10.5. The van der Waals surface area contributed by atoms with E-state index in [4.69, 9.17) is 5.11 Å². The molecule has 6 nitrogen and oxygen atoms in total. The molecule has 0 spiro atoms. The summed E-state index contributed by atoms with van der Waals surface area (Å²) in [5.74, 6) is 1.52. The van der Waals surface area contributed by atoms with Gasteiger partial charge in [0, 0.05) is 25.7 Å². The van der Waals surface area contributed by atoms with Crippen LogP contribution in [0.5, 0.6) is 0 Å². The summed E-state index contributed by atoms with van der Waals surface area (Å²) in [6.07, 6.45) is 2.48. The summed E-state index contributed by atoms with van der Waals surface area (Å²) in [4.78, 5) is 21.4. The highest BCUT2D eigenvalue weighted by Gasteiger charge is 2.14. The second kappa shape index (κ2) is 5.66. The van der Waals surface area contributed by atoms with Crippen molar-refractivity contribution in [2.24, 2.45) is 0 Å². The van der Waals surface area contributed by atoms with E-state index in [0.717, 1.165) is 18.9 Å². The van der Waals surface area contributed by atoms with E-state index in [-0.39, 0.29) is 6.42 Å². The van der Waals surface area contributed by atoms with Gasteiger partial charge in [-0.3, -0.25) is 4.79 Å². The van der Waals surface area contributed by atoms with E-state index < -0.39 is 5.97 Å². The highest BCUT2D eigenvalue weighted by molar-refractivity contribution is 5.67. The number of carboxylic acid groups (broad SMARTS) is 1. The fourth-order valence-corrected chi connectivity index (χ4v) is 2.05. The molecular formula is C12H18N4O2. The minimum Gasteiger partial charge on any atom is -0.481 e. The molecule has 0 bridgehead atoms. The maximum absolute atomic E-state index is 10.5. The summed E-state index contributed by atoms with van der Waals surface area (Å²) in [7, 11) is 0. The topological polar surface area (TPSA) is 78.3 Å². The van der Waals surface area contributed by atoms with Gasteiger partial charge in [0.1, 0.15) is 17.5 Å². The van der Waals surface area contributed by atoms with E-state index in [9.17, 15) is 4.79 Å². The van der Waals surface area contributed by atoms with Crippen LogP contribution < -0.4 is 10.2 Å². The Morgan fingerprint density at radius 2 is 2.17 bits per heavy atom. The lowest BCUT2D eigenvalue weighted by atomic mass is 10.4. The van der Waals surface area contributed by atoms with Gasteiger partial charge in [-0.25, -0.2) is 9.97 Å². The molecule has 1 aliphatic heterocycles. The van der Waals surface area contributed by atoms with Crippen molar-refractivity contribution in [3.05, 3.63) is 11.9 Å². The lowest BCUT2D eigenvalue weighted by molar-refractivity contribution is -0.136. The maximum atomic E-state index is 10.5. The van der Waals surface area contributed by atoms with Gasteiger partial charge in [-0.1, -0.05) is 0 Å². The zero-order valence-corrected chi connectivity index (χ0v) is 10.5. The third-order valence-corrected chi connectivity index (χ3v) is 2.90. The number of aromatic nitrogens is 2. The van der Waals surface area contributed by atoms with Crippen LogP contribution in [0.4, 0.5) is 11.6 Å². The largest absolute Gasteiger partial charge is 0.481 e. The van der Waals surface area contributed by atoms with Crippen LogP contribution in [-0.2, 0) is 4.79 Å². The van der Waals surface area contributed by atoms with Crippen molar-refractivity contribution < 1.29 is 9.90 Å². The molecular weight excluding hydrogens is 232 g/mol. The van der Waals surface area contributed by atoms with Crippen molar-refractivity contribution in [2.75, 3.05) is 29.9 Å². The lowest BCUT2D eigenvalue weighted by Crippen LogP contribution is -2.20. The van der Waals surface area contributed by atoms with Gasteiger partial charge in [-0.2, -0.15) is 0 Å². The molecule has 0 unspecified atom stereocenters. The highest BCUT2D eigenvalue weighted by atomic mass is 16.4. The zero-order chi connectivity index (χ0) is 13.0. The normalized spacial score (nSPS) is 14.8. The fraction of sp³-hybridized carbons (Fsp3) is 0.583. The van der Waals surface area contributed by atoms with Crippen molar-refractivity contribution in [3.63, 3.8) is 0 Å². The predicted molar refractivity (Wildman–Crippen MR) is 69.0 cm³/mol. The number of carboxylic acids is 1. The average Bonchev–Trinajstić information content (AvgIpc) is 2.81. The summed E-state index contributed by atoms with van der Waals surface area (Å²) in [6, 6.07) is 1.89. The van der Waals surface area contributed by atoms with Crippen LogP contribution in [0.1, 0.15) is 25.1 Å². The van der Waals surface area contributed by atoms with Crippen LogP contribution in [0, 0.1) is 6.92 Å². The molecule has 2 heterocycles. The molecule has 1 fully saturated rings. The van der Waals surface area contributed by atoms with E-state index in [2.05, 4.69) is 20.2 Å². The Balaban J connectivity index is 2.03. The van der Waals surface area contributed by atoms with Crippen molar-refractivity contribution >= 4 is 17.6 Å². The van der Waals surface area contributed by atoms with E-state index in [1.807, 2.05) is 13.0 Å². The number of hydrogen-bond donors (Lipinski definition) is 2. The number of aliphatic carboxylic acids is 1. The molecule has 0 amide bonds. The summed E-state index contributed by atoms with van der Waals surface area (Å²) in [5.41, 5.74) is 0. The van der Waals surface area contributed by atoms with Crippen LogP contribution in [0.3, 0.4) is 0 Å². The van der Waals surface area contributed by atoms with Crippen molar-refractivity contribution in [1.82, 2.24) is 9.97 Å². The predicted octanol–water partition coefficient (Wildman–Crippen LogP) is 1.27. The molecule has 0 aromatic carbocycles.